The number of hydrogen-bond donors (Lipinski definition) is 1. The molecule has 19 heavy (non-hydrogen) atoms. The summed E-state index contributed by atoms with van der Waals surface area (Å²) in [7, 11) is 0. The van der Waals surface area contributed by atoms with Gasteiger partial charge >= 0.3 is 0 Å². The Morgan fingerprint density at radius 2 is 1.89 bits per heavy atom. The molecule has 0 spiro atoms. The summed E-state index contributed by atoms with van der Waals surface area (Å²) in [5.41, 5.74) is 2.61. The van der Waals surface area contributed by atoms with Gasteiger partial charge in [-0.3, -0.25) is 0 Å². The second kappa shape index (κ2) is 6.53. The summed E-state index contributed by atoms with van der Waals surface area (Å²) in [6.45, 7) is 9.42. The predicted molar refractivity (Wildman–Crippen MR) is 84.4 cm³/mol. The molecule has 2 rings (SSSR count). The van der Waals surface area contributed by atoms with Gasteiger partial charge < -0.3 is 5.32 Å². The summed E-state index contributed by atoms with van der Waals surface area (Å²) >= 11 is 0. The van der Waals surface area contributed by atoms with E-state index in [1.54, 1.807) is 0 Å². The van der Waals surface area contributed by atoms with Crippen LogP contribution in [-0.2, 0) is 0 Å². The summed E-state index contributed by atoms with van der Waals surface area (Å²) in [6.07, 6.45) is 2.14. The lowest BCUT2D eigenvalue weighted by Crippen LogP contribution is -2.22. The van der Waals surface area contributed by atoms with Crippen molar-refractivity contribution in [2.24, 2.45) is 0 Å². The van der Waals surface area contributed by atoms with Gasteiger partial charge in [0.15, 0.2) is 0 Å². The van der Waals surface area contributed by atoms with Gasteiger partial charge in [0.1, 0.15) is 0 Å². The van der Waals surface area contributed by atoms with Crippen LogP contribution in [0.2, 0.25) is 0 Å². The van der Waals surface area contributed by atoms with Crippen LogP contribution in [0.1, 0.15) is 38.3 Å². The Bertz CT molecular complexity index is 551. The van der Waals surface area contributed by atoms with Crippen molar-refractivity contribution < 1.29 is 0 Å². The maximum absolute atomic E-state index is 4.07. The van der Waals surface area contributed by atoms with Gasteiger partial charge in [0.25, 0.3) is 0 Å². The molecule has 0 aromatic heterocycles. The summed E-state index contributed by atoms with van der Waals surface area (Å²) in [6, 6.07) is 15.5. The Labute approximate surface area is 116 Å². The highest BCUT2D eigenvalue weighted by Crippen LogP contribution is 2.27. The Morgan fingerprint density at radius 1 is 1.16 bits per heavy atom. The van der Waals surface area contributed by atoms with Gasteiger partial charge in [-0.05, 0) is 42.6 Å². The summed E-state index contributed by atoms with van der Waals surface area (Å²) in [5.74, 6) is 0. The SMILES string of the molecule is C=C(C)CC(NCCC)c1cccc2ccccc12. The van der Waals surface area contributed by atoms with Crippen molar-refractivity contribution in [2.45, 2.75) is 32.7 Å². The van der Waals surface area contributed by atoms with Crippen molar-refractivity contribution in [3.8, 4) is 0 Å². The number of benzene rings is 2. The molecule has 2 aromatic rings. The van der Waals surface area contributed by atoms with Crippen LogP contribution >= 0.6 is 0 Å². The fourth-order valence-corrected chi connectivity index (χ4v) is 2.51. The summed E-state index contributed by atoms with van der Waals surface area (Å²) in [4.78, 5) is 0. The zero-order valence-electron chi connectivity index (χ0n) is 11.9. The van der Waals surface area contributed by atoms with E-state index in [0.717, 1.165) is 19.4 Å². The summed E-state index contributed by atoms with van der Waals surface area (Å²) < 4.78 is 0. The Hall–Kier alpha value is -1.60. The lowest BCUT2D eigenvalue weighted by molar-refractivity contribution is 0.531. The zero-order valence-corrected chi connectivity index (χ0v) is 11.9. The molecule has 0 aliphatic heterocycles. The second-order valence-corrected chi connectivity index (χ2v) is 5.24. The van der Waals surface area contributed by atoms with Crippen LogP contribution in [0.4, 0.5) is 0 Å². The van der Waals surface area contributed by atoms with Crippen molar-refractivity contribution in [1.82, 2.24) is 5.32 Å². The second-order valence-electron chi connectivity index (χ2n) is 5.24. The van der Waals surface area contributed by atoms with Crippen molar-refractivity contribution in [3.63, 3.8) is 0 Å². The molecule has 0 saturated carbocycles. The molecule has 0 fully saturated rings. The van der Waals surface area contributed by atoms with Gasteiger partial charge in [0.2, 0.25) is 0 Å². The smallest absolute Gasteiger partial charge is 0.0363 e. The van der Waals surface area contributed by atoms with Crippen molar-refractivity contribution in [1.29, 1.82) is 0 Å². The highest BCUT2D eigenvalue weighted by molar-refractivity contribution is 5.86. The molecule has 100 valence electrons. The number of nitrogens with one attached hydrogen (secondary N) is 1. The molecule has 1 nitrogen and oxygen atoms in total. The van der Waals surface area contributed by atoms with E-state index in [-0.39, 0.29) is 0 Å². The number of fused-ring (bicyclic) bond motifs is 1. The van der Waals surface area contributed by atoms with Crippen LogP contribution in [-0.4, -0.2) is 6.54 Å². The van der Waals surface area contributed by atoms with Crippen LogP contribution < -0.4 is 5.32 Å². The first kappa shape index (κ1) is 13.8. The topological polar surface area (TPSA) is 12.0 Å². The average Bonchev–Trinajstić information content (AvgIpc) is 2.42. The Balaban J connectivity index is 2.39. The van der Waals surface area contributed by atoms with Gasteiger partial charge in [-0.15, -0.1) is 6.58 Å². The Kier molecular flexibility index (Phi) is 4.75. The van der Waals surface area contributed by atoms with Gasteiger partial charge in [-0.25, -0.2) is 0 Å². The molecule has 0 bridgehead atoms. The fourth-order valence-electron chi connectivity index (χ4n) is 2.51. The zero-order chi connectivity index (χ0) is 13.7. The third-order valence-corrected chi connectivity index (χ3v) is 3.39. The number of rotatable bonds is 6. The fraction of sp³-hybridized carbons (Fsp3) is 0.333. The number of hydrogen-bond acceptors (Lipinski definition) is 1. The largest absolute Gasteiger partial charge is 0.310 e. The maximum atomic E-state index is 4.07. The van der Waals surface area contributed by atoms with E-state index in [1.807, 2.05) is 0 Å². The molecule has 1 N–H and O–H groups in total. The van der Waals surface area contributed by atoms with Crippen LogP contribution in [0, 0.1) is 0 Å². The van der Waals surface area contributed by atoms with Crippen LogP contribution in [0.3, 0.4) is 0 Å². The standard InChI is InChI=1S/C18H23N/c1-4-12-19-18(13-14(2)3)17-11-7-9-15-8-5-6-10-16(15)17/h5-11,18-19H,2,4,12-13H2,1,3H3. The highest BCUT2D eigenvalue weighted by atomic mass is 14.9. The molecule has 0 saturated heterocycles. The molecule has 0 aliphatic carbocycles. The third kappa shape index (κ3) is 3.45. The lowest BCUT2D eigenvalue weighted by Gasteiger charge is -2.21. The molecule has 1 unspecified atom stereocenters. The van der Waals surface area contributed by atoms with E-state index in [0.29, 0.717) is 6.04 Å². The third-order valence-electron chi connectivity index (χ3n) is 3.39. The van der Waals surface area contributed by atoms with Gasteiger partial charge in [0, 0.05) is 6.04 Å². The molecule has 1 heteroatoms. The maximum Gasteiger partial charge on any atom is 0.0363 e. The van der Waals surface area contributed by atoms with Crippen LogP contribution in [0.5, 0.6) is 0 Å². The molecule has 0 radical (unpaired) electrons. The molecule has 2 aromatic carbocycles. The normalized spacial score (nSPS) is 12.5. The van der Waals surface area contributed by atoms with E-state index in [4.69, 9.17) is 0 Å². The van der Waals surface area contributed by atoms with Crippen LogP contribution in [0.15, 0.2) is 54.6 Å². The predicted octanol–water partition coefficient (Wildman–Crippen LogP) is 4.85. The molecular formula is C18H23N. The minimum atomic E-state index is 0.364. The van der Waals surface area contributed by atoms with Gasteiger partial charge in [-0.2, -0.15) is 0 Å². The first-order valence-electron chi connectivity index (χ1n) is 7.07. The minimum absolute atomic E-state index is 0.364. The van der Waals surface area contributed by atoms with Crippen molar-refractivity contribution in [2.75, 3.05) is 6.54 Å². The van der Waals surface area contributed by atoms with E-state index in [2.05, 4.69) is 68.2 Å². The first-order chi connectivity index (χ1) is 9.22. The molecule has 0 amide bonds. The van der Waals surface area contributed by atoms with Gasteiger partial charge in [-0.1, -0.05) is 55.0 Å². The van der Waals surface area contributed by atoms with E-state index in [1.165, 1.54) is 21.9 Å². The minimum Gasteiger partial charge on any atom is -0.310 e. The molecular weight excluding hydrogens is 230 g/mol. The lowest BCUT2D eigenvalue weighted by atomic mass is 9.94. The average molecular weight is 253 g/mol. The first-order valence-corrected chi connectivity index (χ1v) is 7.07. The molecule has 1 atom stereocenters. The highest BCUT2D eigenvalue weighted by Gasteiger charge is 2.13. The summed E-state index contributed by atoms with van der Waals surface area (Å²) in [5, 5.41) is 6.31. The van der Waals surface area contributed by atoms with E-state index < -0.39 is 0 Å². The van der Waals surface area contributed by atoms with Crippen molar-refractivity contribution >= 4 is 10.8 Å². The van der Waals surface area contributed by atoms with Gasteiger partial charge in [0.05, 0.1) is 0 Å². The van der Waals surface area contributed by atoms with Crippen LogP contribution in [0.25, 0.3) is 10.8 Å². The monoisotopic (exact) mass is 253 g/mol. The molecule has 0 heterocycles. The van der Waals surface area contributed by atoms with E-state index in [9.17, 15) is 0 Å². The van der Waals surface area contributed by atoms with E-state index >= 15 is 0 Å². The quantitative estimate of drug-likeness (QED) is 0.726. The van der Waals surface area contributed by atoms with Crippen molar-refractivity contribution in [3.05, 3.63) is 60.2 Å². The molecule has 0 aliphatic rings. The Morgan fingerprint density at radius 3 is 2.63 bits per heavy atom.